The smallest absolute Gasteiger partial charge is 0.258 e. The van der Waals surface area contributed by atoms with Crippen molar-refractivity contribution in [1.29, 1.82) is 0 Å². The molecule has 1 heterocycles. The Hall–Kier alpha value is -2.48. The zero-order valence-corrected chi connectivity index (χ0v) is 10.4. The predicted octanol–water partition coefficient (Wildman–Crippen LogP) is 1.21. The molecule has 0 bridgehead atoms. The summed E-state index contributed by atoms with van der Waals surface area (Å²) in [5, 5.41) is 10.5. The third-order valence-electron chi connectivity index (χ3n) is 2.31. The van der Waals surface area contributed by atoms with E-state index in [-0.39, 0.29) is 10.6 Å². The number of aromatic amines is 1. The molecule has 7 nitrogen and oxygen atoms in total. The maximum Gasteiger partial charge on any atom is 0.328 e. The number of H-pyrrole nitrogens is 1. The fourth-order valence-electron chi connectivity index (χ4n) is 1.41. The molecule has 2 N–H and O–H groups in total. The van der Waals surface area contributed by atoms with Crippen molar-refractivity contribution in [3.63, 3.8) is 0 Å². The lowest BCUT2D eigenvalue weighted by Gasteiger charge is -2.00. The van der Waals surface area contributed by atoms with Gasteiger partial charge in [-0.25, -0.2) is 4.98 Å². The minimum atomic E-state index is -3.76. The van der Waals surface area contributed by atoms with E-state index in [0.29, 0.717) is 5.82 Å². The van der Waals surface area contributed by atoms with E-state index in [0.717, 1.165) is 12.1 Å². The Morgan fingerprint density at radius 3 is 2.32 bits per heavy atom. The molecule has 0 saturated heterocycles. The lowest BCUT2D eigenvalue weighted by molar-refractivity contribution is -0.384. The van der Waals surface area contributed by atoms with Crippen LogP contribution in [0, 0.1) is 10.1 Å². The lowest BCUT2D eigenvalue weighted by Crippen LogP contribution is -2.19. The molecule has 0 radical (unpaired) electrons. The largest absolute Gasteiger partial charge is 0.328 e. The topological polar surface area (TPSA) is 103 Å². The van der Waals surface area contributed by atoms with Crippen LogP contribution in [0.2, 0.25) is 0 Å². The van der Waals surface area contributed by atoms with Crippen LogP contribution in [-0.2, 0) is 10.0 Å². The Morgan fingerprint density at radius 2 is 1.79 bits per heavy atom. The molecule has 0 aliphatic carbocycles. The Morgan fingerprint density at radius 1 is 1.11 bits per heavy atom. The Bertz CT molecular complexity index is 684. The van der Waals surface area contributed by atoms with Gasteiger partial charge >= 0.3 is 10.0 Å². The van der Waals surface area contributed by atoms with Crippen LogP contribution in [-0.4, -0.2) is 13.3 Å². The van der Waals surface area contributed by atoms with Crippen LogP contribution in [0.25, 0.3) is 0 Å². The van der Waals surface area contributed by atoms with Crippen molar-refractivity contribution in [1.82, 2.24) is 0 Å². The summed E-state index contributed by atoms with van der Waals surface area (Å²) in [5.74, 6) is 0.306. The highest BCUT2D eigenvalue weighted by molar-refractivity contribution is 7.92. The summed E-state index contributed by atoms with van der Waals surface area (Å²) in [7, 11) is -3.76. The van der Waals surface area contributed by atoms with Crippen LogP contribution < -0.4 is 9.71 Å². The molecule has 2 aromatic rings. The van der Waals surface area contributed by atoms with Crippen molar-refractivity contribution in [2.75, 3.05) is 4.72 Å². The van der Waals surface area contributed by atoms with Crippen molar-refractivity contribution in [3.8, 4) is 0 Å². The molecule has 2 rings (SSSR count). The highest BCUT2D eigenvalue weighted by Crippen LogP contribution is 2.17. The molecule has 1 aromatic carbocycles. The SMILES string of the molecule is O=[N+]([O-])c1ccc(S(=O)(=O)Nc2cccc[nH+]2)cc1. The number of benzene rings is 1. The molecule has 19 heavy (non-hydrogen) atoms. The molecule has 0 spiro atoms. The van der Waals surface area contributed by atoms with Crippen LogP contribution in [0.3, 0.4) is 0 Å². The average Bonchev–Trinajstić information content (AvgIpc) is 2.39. The third-order valence-corrected chi connectivity index (χ3v) is 3.69. The van der Waals surface area contributed by atoms with Crippen molar-refractivity contribution in [2.45, 2.75) is 4.90 Å². The summed E-state index contributed by atoms with van der Waals surface area (Å²) >= 11 is 0. The zero-order chi connectivity index (χ0) is 13.9. The predicted molar refractivity (Wildman–Crippen MR) is 66.9 cm³/mol. The molecule has 0 atom stereocenters. The Balaban J connectivity index is 2.27. The number of hydrogen-bond donors (Lipinski definition) is 1. The first-order valence-corrected chi connectivity index (χ1v) is 6.71. The number of aromatic nitrogens is 1. The quantitative estimate of drug-likeness (QED) is 0.671. The molecule has 0 amide bonds. The molecular weight excluding hydrogens is 270 g/mol. The van der Waals surface area contributed by atoms with Gasteiger partial charge in [-0.2, -0.15) is 13.1 Å². The van der Waals surface area contributed by atoms with Gasteiger partial charge in [-0.1, -0.05) is 6.07 Å². The second-order valence-electron chi connectivity index (χ2n) is 3.63. The highest BCUT2D eigenvalue weighted by atomic mass is 32.2. The van der Waals surface area contributed by atoms with Gasteiger partial charge in [0.05, 0.1) is 11.1 Å². The molecule has 1 aromatic heterocycles. The third kappa shape index (κ3) is 3.05. The van der Waals surface area contributed by atoms with Gasteiger partial charge in [-0.3, -0.25) is 10.1 Å². The van der Waals surface area contributed by atoms with Gasteiger partial charge in [0.1, 0.15) is 4.90 Å². The summed E-state index contributed by atoms with van der Waals surface area (Å²) < 4.78 is 26.3. The molecule has 0 fully saturated rings. The van der Waals surface area contributed by atoms with E-state index in [4.69, 9.17) is 0 Å². The standard InChI is InChI=1S/C11H9N3O4S/c15-14(16)9-4-6-10(7-5-9)19(17,18)13-11-3-1-2-8-12-11/h1-8H,(H,12,13)/p+1. The fraction of sp³-hybridized carbons (Fsp3) is 0. The first-order valence-electron chi connectivity index (χ1n) is 5.23. The Labute approximate surface area is 109 Å². The number of nitro groups is 1. The summed E-state index contributed by atoms with van der Waals surface area (Å²) in [4.78, 5) is 12.6. The van der Waals surface area contributed by atoms with Crippen molar-refractivity contribution in [3.05, 3.63) is 58.8 Å². The molecule has 8 heteroatoms. The van der Waals surface area contributed by atoms with Gasteiger partial charge in [0.25, 0.3) is 11.5 Å². The van der Waals surface area contributed by atoms with Gasteiger partial charge in [0.15, 0.2) is 0 Å². The van der Waals surface area contributed by atoms with E-state index in [1.165, 1.54) is 12.1 Å². The average molecular weight is 280 g/mol. The highest BCUT2D eigenvalue weighted by Gasteiger charge is 2.20. The molecule has 0 saturated carbocycles. The summed E-state index contributed by atoms with van der Waals surface area (Å²) in [6.45, 7) is 0. The second-order valence-corrected chi connectivity index (χ2v) is 5.32. The number of sulfonamides is 1. The molecule has 98 valence electrons. The summed E-state index contributed by atoms with van der Waals surface area (Å²) in [5.41, 5.74) is -0.162. The van der Waals surface area contributed by atoms with E-state index < -0.39 is 14.9 Å². The zero-order valence-electron chi connectivity index (χ0n) is 9.61. The van der Waals surface area contributed by atoms with Crippen LogP contribution in [0.1, 0.15) is 0 Å². The minimum Gasteiger partial charge on any atom is -0.258 e. The van der Waals surface area contributed by atoms with Crippen LogP contribution >= 0.6 is 0 Å². The molecule has 0 unspecified atom stereocenters. The number of nitrogens with one attached hydrogen (secondary N) is 2. The van der Waals surface area contributed by atoms with Gasteiger partial charge in [-0.05, 0) is 18.2 Å². The van der Waals surface area contributed by atoms with Crippen molar-refractivity contribution < 1.29 is 18.3 Å². The van der Waals surface area contributed by atoms with Crippen molar-refractivity contribution >= 4 is 21.5 Å². The number of rotatable bonds is 4. The second kappa shape index (κ2) is 5.02. The van der Waals surface area contributed by atoms with Gasteiger partial charge in [-0.15, -0.1) is 0 Å². The first-order chi connectivity index (χ1) is 8.99. The maximum absolute atomic E-state index is 12.0. The van der Waals surface area contributed by atoms with E-state index in [1.807, 2.05) is 0 Å². The van der Waals surface area contributed by atoms with Crippen molar-refractivity contribution in [2.24, 2.45) is 0 Å². The number of hydrogen-bond acceptors (Lipinski definition) is 4. The van der Waals surface area contributed by atoms with Crippen LogP contribution in [0.5, 0.6) is 0 Å². The van der Waals surface area contributed by atoms with E-state index >= 15 is 0 Å². The molecular formula is C11H10N3O4S+. The monoisotopic (exact) mass is 280 g/mol. The molecule has 0 aliphatic rings. The number of non-ortho nitro benzene ring substituents is 1. The van der Waals surface area contributed by atoms with Gasteiger partial charge in [0, 0.05) is 18.2 Å². The lowest BCUT2D eigenvalue weighted by atomic mass is 10.3. The summed E-state index contributed by atoms with van der Waals surface area (Å²) in [6.07, 6.45) is 1.58. The Kier molecular flexibility index (Phi) is 3.43. The number of nitro benzene ring substituents is 1. The number of pyridine rings is 1. The molecule has 0 aliphatic heterocycles. The normalized spacial score (nSPS) is 10.9. The fourth-order valence-corrected chi connectivity index (χ4v) is 2.44. The first kappa shape index (κ1) is 13.0. The van der Waals surface area contributed by atoms with Crippen LogP contribution in [0.4, 0.5) is 11.5 Å². The minimum absolute atomic E-state index is 0.0460. The van der Waals surface area contributed by atoms with Gasteiger partial charge in [0.2, 0.25) is 0 Å². The summed E-state index contributed by atoms with van der Waals surface area (Å²) in [6, 6.07) is 9.59. The van der Waals surface area contributed by atoms with E-state index in [9.17, 15) is 18.5 Å². The maximum atomic E-state index is 12.0. The number of anilines is 1. The van der Waals surface area contributed by atoms with E-state index in [1.54, 1.807) is 24.4 Å². The van der Waals surface area contributed by atoms with Gasteiger partial charge < -0.3 is 0 Å². The van der Waals surface area contributed by atoms with Crippen LogP contribution in [0.15, 0.2) is 53.6 Å². The number of nitrogens with zero attached hydrogens (tertiary/aromatic N) is 1. The van der Waals surface area contributed by atoms with E-state index in [2.05, 4.69) is 9.71 Å².